The molecule has 1 aromatic carbocycles. The molecule has 150 valence electrons. The summed E-state index contributed by atoms with van der Waals surface area (Å²) in [6, 6.07) is 15.5. The molecule has 0 atom stereocenters. The van der Waals surface area contributed by atoms with Gasteiger partial charge in [-0.2, -0.15) is 0 Å². The number of hydrogen-bond donors (Lipinski definition) is 0. The van der Waals surface area contributed by atoms with Crippen molar-refractivity contribution in [1.29, 1.82) is 0 Å². The Hall–Kier alpha value is -3.59. The molecule has 0 spiro atoms. The number of piperazine rings is 1. The lowest BCUT2D eigenvalue weighted by atomic mass is 10.3. The summed E-state index contributed by atoms with van der Waals surface area (Å²) in [7, 11) is 0. The highest BCUT2D eigenvalue weighted by molar-refractivity contribution is 7.13. The molecule has 30 heavy (non-hydrogen) atoms. The van der Waals surface area contributed by atoms with E-state index in [1.54, 1.807) is 39.4 Å². The second-order valence-corrected chi connectivity index (χ2v) is 7.76. The Labute approximate surface area is 177 Å². The zero-order valence-corrected chi connectivity index (χ0v) is 16.9. The van der Waals surface area contributed by atoms with E-state index in [1.807, 2.05) is 47.8 Å². The van der Waals surface area contributed by atoms with E-state index >= 15 is 0 Å². The van der Waals surface area contributed by atoms with Crippen LogP contribution in [0.1, 0.15) is 10.6 Å². The number of aromatic nitrogens is 5. The minimum Gasteiger partial charge on any atom is -0.337 e. The van der Waals surface area contributed by atoms with Crippen LogP contribution in [0.5, 0.6) is 0 Å². The fourth-order valence-electron chi connectivity index (χ4n) is 3.42. The highest BCUT2D eigenvalue weighted by Crippen LogP contribution is 2.26. The lowest BCUT2D eigenvalue weighted by Crippen LogP contribution is -2.49. The number of carbonyl (C=O) groups excluding carboxylic acids is 1. The minimum atomic E-state index is -0.156. The number of benzene rings is 1. The number of rotatable bonds is 4. The first-order valence-corrected chi connectivity index (χ1v) is 10.6. The summed E-state index contributed by atoms with van der Waals surface area (Å²) in [5.41, 5.74) is 0.874. The van der Waals surface area contributed by atoms with Gasteiger partial charge in [-0.3, -0.25) is 4.79 Å². The van der Waals surface area contributed by atoms with Gasteiger partial charge < -0.3 is 9.80 Å². The maximum absolute atomic E-state index is 13.2. The molecule has 1 saturated heterocycles. The molecule has 5 rings (SSSR count). The number of amides is 1. The molecule has 1 aliphatic rings. The second kappa shape index (κ2) is 8.03. The van der Waals surface area contributed by atoms with Gasteiger partial charge in [-0.25, -0.2) is 19.6 Å². The van der Waals surface area contributed by atoms with Crippen molar-refractivity contribution in [3.05, 3.63) is 72.1 Å². The summed E-state index contributed by atoms with van der Waals surface area (Å²) < 4.78 is 1.74. The molecule has 3 aromatic heterocycles. The normalized spacial score (nSPS) is 14.1. The lowest BCUT2D eigenvalue weighted by Gasteiger charge is -2.34. The Morgan fingerprint density at radius 1 is 0.900 bits per heavy atom. The minimum absolute atomic E-state index is 0.156. The molecule has 9 heteroatoms. The quantitative estimate of drug-likeness (QED) is 0.508. The number of carbonyl (C=O) groups is 1. The second-order valence-electron chi connectivity index (χ2n) is 6.81. The van der Waals surface area contributed by atoms with Crippen LogP contribution in [0.3, 0.4) is 0 Å². The molecular formula is C21H19N7OS. The predicted octanol–water partition coefficient (Wildman–Crippen LogP) is 2.75. The van der Waals surface area contributed by atoms with Crippen LogP contribution in [0.15, 0.2) is 66.3 Å². The van der Waals surface area contributed by atoms with Crippen molar-refractivity contribution >= 4 is 23.2 Å². The topological polar surface area (TPSA) is 80.0 Å². The third kappa shape index (κ3) is 3.55. The van der Waals surface area contributed by atoms with Gasteiger partial charge in [0.15, 0.2) is 5.82 Å². The first-order chi connectivity index (χ1) is 14.8. The van der Waals surface area contributed by atoms with E-state index in [9.17, 15) is 4.79 Å². The molecule has 1 aliphatic heterocycles. The molecule has 8 nitrogen and oxygen atoms in total. The van der Waals surface area contributed by atoms with Crippen LogP contribution in [0.25, 0.3) is 16.4 Å². The van der Waals surface area contributed by atoms with Crippen molar-refractivity contribution in [3.63, 3.8) is 0 Å². The van der Waals surface area contributed by atoms with Crippen molar-refractivity contribution in [1.82, 2.24) is 29.6 Å². The fraction of sp³-hybridized carbons (Fsp3) is 0.190. The number of anilines is 1. The molecule has 0 unspecified atom stereocenters. The van der Waals surface area contributed by atoms with E-state index in [0.29, 0.717) is 38.0 Å². The number of nitrogens with zero attached hydrogens (tertiary/aromatic N) is 7. The van der Waals surface area contributed by atoms with Crippen molar-refractivity contribution in [2.24, 2.45) is 0 Å². The highest BCUT2D eigenvalue weighted by atomic mass is 32.1. The van der Waals surface area contributed by atoms with Crippen LogP contribution in [-0.2, 0) is 0 Å². The van der Waals surface area contributed by atoms with E-state index < -0.39 is 0 Å². The summed E-state index contributed by atoms with van der Waals surface area (Å²) >= 11 is 1.57. The van der Waals surface area contributed by atoms with Crippen LogP contribution >= 0.6 is 11.3 Å². The van der Waals surface area contributed by atoms with Gasteiger partial charge in [0.2, 0.25) is 11.8 Å². The predicted molar refractivity (Wildman–Crippen MR) is 115 cm³/mol. The lowest BCUT2D eigenvalue weighted by molar-refractivity contribution is 0.0734. The van der Waals surface area contributed by atoms with Gasteiger partial charge in [-0.05, 0) is 29.6 Å². The zero-order chi connectivity index (χ0) is 20.3. The molecule has 0 aliphatic carbocycles. The van der Waals surface area contributed by atoms with E-state index in [-0.39, 0.29) is 11.7 Å². The third-order valence-electron chi connectivity index (χ3n) is 4.94. The van der Waals surface area contributed by atoms with Crippen LogP contribution < -0.4 is 4.90 Å². The van der Waals surface area contributed by atoms with E-state index in [0.717, 1.165) is 10.6 Å². The molecule has 4 aromatic rings. The summed E-state index contributed by atoms with van der Waals surface area (Å²) in [4.78, 5) is 31.2. The first-order valence-electron chi connectivity index (χ1n) is 9.67. The molecule has 1 fully saturated rings. The van der Waals surface area contributed by atoms with Gasteiger partial charge in [0, 0.05) is 38.6 Å². The maximum Gasteiger partial charge on any atom is 0.293 e. The Morgan fingerprint density at radius 2 is 1.67 bits per heavy atom. The summed E-state index contributed by atoms with van der Waals surface area (Å²) in [5.74, 6) is 1.43. The van der Waals surface area contributed by atoms with Crippen LogP contribution in [0, 0.1) is 0 Å². The van der Waals surface area contributed by atoms with E-state index in [1.165, 1.54) is 0 Å². The van der Waals surface area contributed by atoms with Gasteiger partial charge in [0.05, 0.1) is 10.6 Å². The van der Waals surface area contributed by atoms with Gasteiger partial charge >= 0.3 is 0 Å². The Balaban J connectivity index is 1.39. The number of para-hydroxylation sites is 1. The Kier molecular flexibility index (Phi) is 4.94. The summed E-state index contributed by atoms with van der Waals surface area (Å²) in [5, 5.41) is 6.56. The standard InChI is InChI=1S/C21H19N7OS/c29-20(26-11-13-27(14-12-26)21-22-9-5-10-23-21)18-24-19(17-8-4-15-30-17)28(25-18)16-6-2-1-3-7-16/h1-10,15H,11-14H2. The zero-order valence-electron chi connectivity index (χ0n) is 16.1. The summed E-state index contributed by atoms with van der Waals surface area (Å²) in [6.07, 6.45) is 3.46. The number of thiophene rings is 1. The largest absolute Gasteiger partial charge is 0.337 e. The van der Waals surface area contributed by atoms with Crippen molar-refractivity contribution in [3.8, 4) is 16.4 Å². The smallest absolute Gasteiger partial charge is 0.293 e. The van der Waals surface area contributed by atoms with E-state index in [4.69, 9.17) is 0 Å². The monoisotopic (exact) mass is 417 g/mol. The van der Waals surface area contributed by atoms with Crippen molar-refractivity contribution < 1.29 is 4.79 Å². The molecule has 0 radical (unpaired) electrons. The Morgan fingerprint density at radius 3 is 2.37 bits per heavy atom. The van der Waals surface area contributed by atoms with Gasteiger partial charge in [0.1, 0.15) is 0 Å². The maximum atomic E-state index is 13.2. The van der Waals surface area contributed by atoms with Crippen LogP contribution in [0.2, 0.25) is 0 Å². The number of hydrogen-bond acceptors (Lipinski definition) is 7. The molecule has 1 amide bonds. The van der Waals surface area contributed by atoms with Crippen molar-refractivity contribution in [2.75, 3.05) is 31.1 Å². The molecule has 0 N–H and O–H groups in total. The van der Waals surface area contributed by atoms with E-state index in [2.05, 4.69) is 25.0 Å². The highest BCUT2D eigenvalue weighted by Gasteiger charge is 2.27. The Bertz CT molecular complexity index is 1120. The van der Waals surface area contributed by atoms with Gasteiger partial charge in [0.25, 0.3) is 5.91 Å². The van der Waals surface area contributed by atoms with Gasteiger partial charge in [-0.15, -0.1) is 16.4 Å². The van der Waals surface area contributed by atoms with Crippen LogP contribution in [0.4, 0.5) is 5.95 Å². The fourth-order valence-corrected chi connectivity index (χ4v) is 4.12. The average Bonchev–Trinajstić information content (AvgIpc) is 3.50. The molecule has 0 saturated carbocycles. The average molecular weight is 417 g/mol. The van der Waals surface area contributed by atoms with Crippen LogP contribution in [-0.4, -0.2) is 61.7 Å². The summed E-state index contributed by atoms with van der Waals surface area (Å²) in [6.45, 7) is 2.50. The third-order valence-corrected chi connectivity index (χ3v) is 5.81. The van der Waals surface area contributed by atoms with Gasteiger partial charge in [-0.1, -0.05) is 24.3 Å². The first kappa shape index (κ1) is 18.4. The molecule has 0 bridgehead atoms. The van der Waals surface area contributed by atoms with Crippen molar-refractivity contribution in [2.45, 2.75) is 0 Å². The molecular weight excluding hydrogens is 398 g/mol. The molecule has 4 heterocycles. The SMILES string of the molecule is O=C(c1nc(-c2cccs2)n(-c2ccccc2)n1)N1CCN(c2ncccn2)CC1.